The van der Waals surface area contributed by atoms with Crippen LogP contribution in [0.3, 0.4) is 0 Å². The minimum absolute atomic E-state index is 0.0543. The van der Waals surface area contributed by atoms with Crippen LogP contribution in [0.2, 0.25) is 0 Å². The average Bonchev–Trinajstić information content (AvgIpc) is 3.52. The smallest absolute Gasteiger partial charge is 0.243 e. The number of hydrogen-bond donors (Lipinski definition) is 1. The van der Waals surface area contributed by atoms with Crippen LogP contribution in [0.1, 0.15) is 12.8 Å². The molecule has 3 heterocycles. The first-order chi connectivity index (χ1) is 17.1. The third-order valence-corrected chi connectivity index (χ3v) is 9.86. The fraction of sp³-hybridized carbons (Fsp3) is 0.304. The number of sulfone groups is 1. The van der Waals surface area contributed by atoms with Gasteiger partial charge in [-0.2, -0.15) is 4.31 Å². The first kappa shape index (κ1) is 24.7. The van der Waals surface area contributed by atoms with Gasteiger partial charge in [-0.1, -0.05) is 6.07 Å². The summed E-state index contributed by atoms with van der Waals surface area (Å²) in [5.74, 6) is 0.754. The molecule has 13 heteroatoms. The highest BCUT2D eigenvalue weighted by molar-refractivity contribution is 7.91. The molecule has 0 radical (unpaired) electrons. The van der Waals surface area contributed by atoms with Crippen LogP contribution in [0.15, 0.2) is 57.6 Å². The largest absolute Gasteiger partial charge is 0.454 e. The number of piperidine rings is 1. The number of fused-ring (bicyclic) bond motifs is 1. The number of rotatable bonds is 6. The molecule has 0 spiro atoms. The number of hydrogen-bond acceptors (Lipinski definition) is 9. The molecule has 1 aromatic heterocycles. The third kappa shape index (κ3) is 4.96. The Hall–Kier alpha value is -3.00. The number of anilines is 1. The Morgan fingerprint density at radius 1 is 1.03 bits per heavy atom. The number of ether oxygens (including phenoxy) is 2. The fourth-order valence-corrected chi connectivity index (χ4v) is 7.08. The van der Waals surface area contributed by atoms with Gasteiger partial charge < -0.3 is 14.8 Å². The van der Waals surface area contributed by atoms with E-state index in [-0.39, 0.29) is 41.5 Å². The number of carbonyl (C=O) groups excluding carboxylic acids is 1. The molecule has 1 amide bonds. The van der Waals surface area contributed by atoms with Crippen molar-refractivity contribution in [3.8, 4) is 22.8 Å². The SMILES string of the molecule is CS(=O)(=O)c1cccc(S(=O)(=O)N2CCC(C(=O)Nc3nc(-c4ccc5c(c4)OCO5)cs3)CC2)c1. The van der Waals surface area contributed by atoms with Crippen molar-refractivity contribution >= 4 is 42.2 Å². The predicted molar refractivity (Wildman–Crippen MR) is 133 cm³/mol. The van der Waals surface area contributed by atoms with Crippen LogP contribution in [0.25, 0.3) is 11.3 Å². The molecule has 36 heavy (non-hydrogen) atoms. The van der Waals surface area contributed by atoms with E-state index in [9.17, 15) is 21.6 Å². The maximum Gasteiger partial charge on any atom is 0.243 e. The number of carbonyl (C=O) groups is 1. The summed E-state index contributed by atoms with van der Waals surface area (Å²) in [7, 11) is -7.41. The molecule has 2 aromatic carbocycles. The second-order valence-corrected chi connectivity index (χ2v) is 13.3. The van der Waals surface area contributed by atoms with E-state index in [1.807, 2.05) is 23.6 Å². The highest BCUT2D eigenvalue weighted by Gasteiger charge is 2.33. The summed E-state index contributed by atoms with van der Waals surface area (Å²) in [5, 5.41) is 5.14. The highest BCUT2D eigenvalue weighted by atomic mass is 32.2. The minimum atomic E-state index is -3.88. The van der Waals surface area contributed by atoms with Gasteiger partial charge in [0.25, 0.3) is 0 Å². The summed E-state index contributed by atoms with van der Waals surface area (Å²) in [4.78, 5) is 17.2. The molecule has 2 aliphatic rings. The number of aromatic nitrogens is 1. The maximum atomic E-state index is 13.0. The predicted octanol–water partition coefficient (Wildman–Crippen LogP) is 2.98. The summed E-state index contributed by atoms with van der Waals surface area (Å²) >= 11 is 1.30. The number of benzene rings is 2. The normalized spacial score (nSPS) is 16.7. The maximum absolute atomic E-state index is 13.0. The fourth-order valence-electron chi connectivity index (χ4n) is 4.10. The Balaban J connectivity index is 1.21. The van der Waals surface area contributed by atoms with Crippen molar-refractivity contribution in [2.45, 2.75) is 22.6 Å². The van der Waals surface area contributed by atoms with Crippen LogP contribution in [-0.4, -0.2) is 58.2 Å². The summed E-state index contributed by atoms with van der Waals surface area (Å²) in [6.07, 6.45) is 1.72. The van der Waals surface area contributed by atoms with Gasteiger partial charge in [0.1, 0.15) is 0 Å². The monoisotopic (exact) mass is 549 g/mol. The topological polar surface area (TPSA) is 132 Å². The van der Waals surface area contributed by atoms with E-state index < -0.39 is 19.9 Å². The molecule has 2 aliphatic heterocycles. The second kappa shape index (κ2) is 9.47. The lowest BCUT2D eigenvalue weighted by Crippen LogP contribution is -2.41. The van der Waals surface area contributed by atoms with Crippen molar-refractivity contribution in [1.29, 1.82) is 0 Å². The standard InChI is InChI=1S/C23H23N3O7S3/c1-35(28,29)17-3-2-4-18(12-17)36(30,31)26-9-7-15(8-10-26)22(27)25-23-24-19(13-34-23)16-5-6-20-21(11-16)33-14-32-20/h2-6,11-13,15H,7-10,14H2,1H3,(H,24,25,27). The summed E-state index contributed by atoms with van der Waals surface area (Å²) < 4.78 is 61.7. The van der Waals surface area contributed by atoms with Gasteiger partial charge in [-0.3, -0.25) is 4.79 Å². The third-order valence-electron chi connectivity index (χ3n) is 6.10. The molecule has 1 saturated heterocycles. The summed E-state index contributed by atoms with van der Waals surface area (Å²) in [5.41, 5.74) is 1.54. The van der Waals surface area contributed by atoms with Crippen LogP contribution in [0.5, 0.6) is 11.5 Å². The molecule has 1 fully saturated rings. The van der Waals surface area contributed by atoms with Crippen molar-refractivity contribution in [3.05, 3.63) is 47.8 Å². The number of amides is 1. The van der Waals surface area contributed by atoms with Crippen molar-refractivity contribution in [2.75, 3.05) is 31.5 Å². The van der Waals surface area contributed by atoms with Crippen LogP contribution >= 0.6 is 11.3 Å². The molecule has 3 aromatic rings. The van der Waals surface area contributed by atoms with Gasteiger partial charge in [0, 0.05) is 36.2 Å². The van der Waals surface area contributed by atoms with Gasteiger partial charge in [0.15, 0.2) is 26.5 Å². The Kier molecular flexibility index (Phi) is 6.49. The Morgan fingerprint density at radius 2 is 1.75 bits per heavy atom. The van der Waals surface area contributed by atoms with Crippen molar-refractivity contribution < 1.29 is 31.1 Å². The second-order valence-electron chi connectivity index (χ2n) is 8.52. The quantitative estimate of drug-likeness (QED) is 0.496. The Labute approximate surface area is 212 Å². The van der Waals surface area contributed by atoms with E-state index >= 15 is 0 Å². The lowest BCUT2D eigenvalue weighted by atomic mass is 9.97. The van der Waals surface area contributed by atoms with E-state index in [1.54, 1.807) is 0 Å². The Morgan fingerprint density at radius 3 is 2.50 bits per heavy atom. The van der Waals surface area contributed by atoms with E-state index in [0.717, 1.165) is 11.8 Å². The van der Waals surface area contributed by atoms with Gasteiger partial charge in [0.05, 0.1) is 15.5 Å². The molecule has 0 unspecified atom stereocenters. The molecule has 190 valence electrons. The average molecular weight is 550 g/mol. The van der Waals surface area contributed by atoms with Gasteiger partial charge in [-0.15, -0.1) is 11.3 Å². The van der Waals surface area contributed by atoms with Gasteiger partial charge in [-0.25, -0.2) is 21.8 Å². The van der Waals surface area contributed by atoms with Gasteiger partial charge in [0.2, 0.25) is 22.7 Å². The number of thiazole rings is 1. The molecule has 0 bridgehead atoms. The molecule has 5 rings (SSSR count). The Bertz CT molecular complexity index is 1530. The molecule has 0 atom stereocenters. The molecule has 0 saturated carbocycles. The van der Waals surface area contributed by atoms with Gasteiger partial charge in [-0.05, 0) is 49.2 Å². The lowest BCUT2D eigenvalue weighted by molar-refractivity contribution is -0.120. The minimum Gasteiger partial charge on any atom is -0.454 e. The zero-order chi connectivity index (χ0) is 25.5. The first-order valence-electron chi connectivity index (χ1n) is 11.1. The van der Waals surface area contributed by atoms with Crippen molar-refractivity contribution in [2.24, 2.45) is 5.92 Å². The molecular weight excluding hydrogens is 526 g/mol. The molecule has 0 aliphatic carbocycles. The molecule has 1 N–H and O–H groups in total. The highest BCUT2D eigenvalue weighted by Crippen LogP contribution is 2.36. The van der Waals surface area contributed by atoms with Crippen LogP contribution < -0.4 is 14.8 Å². The lowest BCUT2D eigenvalue weighted by Gasteiger charge is -2.30. The number of nitrogens with one attached hydrogen (secondary N) is 1. The van der Waals surface area contributed by atoms with E-state index in [1.165, 1.54) is 39.9 Å². The first-order valence-corrected chi connectivity index (χ1v) is 15.3. The van der Waals surface area contributed by atoms with Crippen molar-refractivity contribution in [1.82, 2.24) is 9.29 Å². The zero-order valence-corrected chi connectivity index (χ0v) is 21.7. The number of nitrogens with zero attached hydrogens (tertiary/aromatic N) is 2. The number of sulfonamides is 1. The summed E-state index contributed by atoms with van der Waals surface area (Å²) in [6, 6.07) is 10.8. The van der Waals surface area contributed by atoms with Crippen LogP contribution in [-0.2, 0) is 24.7 Å². The van der Waals surface area contributed by atoms with Crippen LogP contribution in [0, 0.1) is 5.92 Å². The van der Waals surface area contributed by atoms with Gasteiger partial charge >= 0.3 is 0 Å². The molecular formula is C23H23N3O7S3. The summed E-state index contributed by atoms with van der Waals surface area (Å²) in [6.45, 7) is 0.498. The van der Waals surface area contributed by atoms with Crippen LogP contribution in [0.4, 0.5) is 5.13 Å². The molecule has 10 nitrogen and oxygen atoms in total. The van der Waals surface area contributed by atoms with Crippen molar-refractivity contribution in [3.63, 3.8) is 0 Å². The zero-order valence-electron chi connectivity index (χ0n) is 19.2. The van der Waals surface area contributed by atoms with E-state index in [4.69, 9.17) is 9.47 Å². The van der Waals surface area contributed by atoms with E-state index in [0.29, 0.717) is 35.2 Å². The van der Waals surface area contributed by atoms with E-state index in [2.05, 4.69) is 10.3 Å².